The molecule has 1 aromatic rings. The fourth-order valence-corrected chi connectivity index (χ4v) is 1.82. The standard InChI is InChI=1S/C15H17F3N2O3/c1-2-11(21)7-8-12(13(19)22)20-14(23)9-3-5-10(6-4-9)15(16,17)18/h3-6,12H,2,7-8H2,1H3,(H2,19,22)(H,20,23)/t12-/m0/s1. The van der Waals surface area contributed by atoms with Crippen LogP contribution in [0, 0.1) is 0 Å². The van der Waals surface area contributed by atoms with E-state index >= 15 is 0 Å². The molecule has 8 heteroatoms. The summed E-state index contributed by atoms with van der Waals surface area (Å²) in [5, 5.41) is 2.32. The molecule has 126 valence electrons. The van der Waals surface area contributed by atoms with E-state index in [0.29, 0.717) is 6.42 Å². The van der Waals surface area contributed by atoms with Crippen LogP contribution >= 0.6 is 0 Å². The second kappa shape index (κ2) is 7.75. The fourth-order valence-electron chi connectivity index (χ4n) is 1.82. The van der Waals surface area contributed by atoms with Gasteiger partial charge in [-0.1, -0.05) is 6.92 Å². The van der Waals surface area contributed by atoms with Gasteiger partial charge in [0.1, 0.15) is 11.8 Å². The van der Waals surface area contributed by atoms with Crippen LogP contribution in [0.5, 0.6) is 0 Å². The van der Waals surface area contributed by atoms with Crippen LogP contribution in [-0.2, 0) is 15.8 Å². The number of primary amides is 1. The molecule has 0 aromatic heterocycles. The summed E-state index contributed by atoms with van der Waals surface area (Å²) < 4.78 is 37.4. The molecule has 0 unspecified atom stereocenters. The van der Waals surface area contributed by atoms with Gasteiger partial charge in [0, 0.05) is 18.4 Å². The molecule has 0 heterocycles. The Balaban J connectivity index is 2.75. The molecular weight excluding hydrogens is 313 g/mol. The first-order valence-corrected chi connectivity index (χ1v) is 6.94. The van der Waals surface area contributed by atoms with Crippen molar-refractivity contribution >= 4 is 17.6 Å². The van der Waals surface area contributed by atoms with Crippen LogP contribution in [0.15, 0.2) is 24.3 Å². The number of alkyl halides is 3. The molecule has 0 aliphatic rings. The van der Waals surface area contributed by atoms with Gasteiger partial charge in [0.2, 0.25) is 5.91 Å². The first-order chi connectivity index (χ1) is 10.6. The van der Waals surface area contributed by atoms with Gasteiger partial charge in [0.05, 0.1) is 5.56 Å². The smallest absolute Gasteiger partial charge is 0.368 e. The maximum absolute atomic E-state index is 12.5. The van der Waals surface area contributed by atoms with E-state index in [4.69, 9.17) is 5.73 Å². The van der Waals surface area contributed by atoms with Crippen LogP contribution in [-0.4, -0.2) is 23.6 Å². The van der Waals surface area contributed by atoms with Gasteiger partial charge < -0.3 is 11.1 Å². The van der Waals surface area contributed by atoms with Gasteiger partial charge in [-0.05, 0) is 30.7 Å². The third-order valence-electron chi connectivity index (χ3n) is 3.23. The Morgan fingerprint density at radius 1 is 1.17 bits per heavy atom. The summed E-state index contributed by atoms with van der Waals surface area (Å²) in [5.41, 5.74) is 4.24. The molecule has 0 spiro atoms. The molecule has 2 amide bonds. The molecule has 1 rings (SSSR count). The lowest BCUT2D eigenvalue weighted by Crippen LogP contribution is -2.44. The minimum absolute atomic E-state index is 0.0360. The average Bonchev–Trinajstić information content (AvgIpc) is 2.49. The predicted molar refractivity (Wildman–Crippen MR) is 76.4 cm³/mol. The number of hydrogen-bond donors (Lipinski definition) is 2. The highest BCUT2D eigenvalue weighted by Crippen LogP contribution is 2.29. The van der Waals surface area contributed by atoms with Crippen LogP contribution in [0.1, 0.15) is 42.1 Å². The van der Waals surface area contributed by atoms with Crippen LogP contribution in [0.25, 0.3) is 0 Å². The zero-order valence-corrected chi connectivity index (χ0v) is 12.4. The van der Waals surface area contributed by atoms with E-state index in [-0.39, 0.29) is 24.2 Å². The van der Waals surface area contributed by atoms with Crippen molar-refractivity contribution in [3.8, 4) is 0 Å². The van der Waals surface area contributed by atoms with Crippen molar-refractivity contribution in [2.45, 2.75) is 38.4 Å². The van der Waals surface area contributed by atoms with Crippen molar-refractivity contribution in [2.24, 2.45) is 5.73 Å². The molecule has 0 saturated heterocycles. The molecule has 23 heavy (non-hydrogen) atoms. The Hall–Kier alpha value is -2.38. The van der Waals surface area contributed by atoms with Crippen LogP contribution in [0.2, 0.25) is 0 Å². The number of nitrogens with two attached hydrogens (primary N) is 1. The highest BCUT2D eigenvalue weighted by atomic mass is 19.4. The van der Waals surface area contributed by atoms with Gasteiger partial charge in [0.15, 0.2) is 0 Å². The molecule has 1 aromatic carbocycles. The lowest BCUT2D eigenvalue weighted by atomic mass is 10.1. The van der Waals surface area contributed by atoms with Gasteiger partial charge in [-0.15, -0.1) is 0 Å². The molecule has 0 saturated carbocycles. The third-order valence-corrected chi connectivity index (χ3v) is 3.23. The average molecular weight is 330 g/mol. The summed E-state index contributed by atoms with van der Waals surface area (Å²) in [5.74, 6) is -1.62. The molecular formula is C15H17F3N2O3. The van der Waals surface area contributed by atoms with Crippen molar-refractivity contribution in [2.75, 3.05) is 0 Å². The van der Waals surface area contributed by atoms with Crippen molar-refractivity contribution < 1.29 is 27.6 Å². The van der Waals surface area contributed by atoms with Gasteiger partial charge in [0.25, 0.3) is 5.91 Å². The molecule has 3 N–H and O–H groups in total. The van der Waals surface area contributed by atoms with E-state index in [9.17, 15) is 27.6 Å². The first kappa shape index (κ1) is 18.7. The summed E-state index contributed by atoms with van der Waals surface area (Å²) in [7, 11) is 0. The summed E-state index contributed by atoms with van der Waals surface area (Å²) in [4.78, 5) is 34.5. The maximum Gasteiger partial charge on any atom is 0.416 e. The van der Waals surface area contributed by atoms with Gasteiger partial charge >= 0.3 is 6.18 Å². The summed E-state index contributed by atoms with van der Waals surface area (Å²) in [6.45, 7) is 1.67. The van der Waals surface area contributed by atoms with Crippen molar-refractivity contribution in [1.82, 2.24) is 5.32 Å². The number of amides is 2. The van der Waals surface area contributed by atoms with Gasteiger partial charge in [-0.3, -0.25) is 14.4 Å². The third kappa shape index (κ3) is 5.72. The molecule has 0 aliphatic heterocycles. The SMILES string of the molecule is CCC(=O)CC[C@H](NC(=O)c1ccc(C(F)(F)F)cc1)C(N)=O. The summed E-state index contributed by atoms with van der Waals surface area (Å²) >= 11 is 0. The number of rotatable bonds is 7. The van der Waals surface area contributed by atoms with E-state index in [1.165, 1.54) is 0 Å². The quantitative estimate of drug-likeness (QED) is 0.802. The summed E-state index contributed by atoms with van der Waals surface area (Å²) in [6, 6.07) is 2.50. The topological polar surface area (TPSA) is 89.3 Å². The van der Waals surface area contributed by atoms with E-state index in [2.05, 4.69) is 5.32 Å². The zero-order valence-electron chi connectivity index (χ0n) is 12.4. The number of carbonyl (C=O) groups excluding carboxylic acids is 3. The monoisotopic (exact) mass is 330 g/mol. The number of nitrogens with one attached hydrogen (secondary N) is 1. The van der Waals surface area contributed by atoms with Crippen molar-refractivity contribution in [1.29, 1.82) is 0 Å². The Bertz CT molecular complexity index is 583. The number of benzene rings is 1. The van der Waals surface area contributed by atoms with Crippen LogP contribution in [0.3, 0.4) is 0 Å². The second-order valence-electron chi connectivity index (χ2n) is 4.93. The van der Waals surface area contributed by atoms with Crippen LogP contribution < -0.4 is 11.1 Å². The Labute approximate surface area is 131 Å². The fraction of sp³-hybridized carbons (Fsp3) is 0.400. The summed E-state index contributed by atoms with van der Waals surface area (Å²) in [6.07, 6.45) is -4.06. The van der Waals surface area contributed by atoms with Crippen molar-refractivity contribution in [3.05, 3.63) is 35.4 Å². The Morgan fingerprint density at radius 2 is 1.74 bits per heavy atom. The second-order valence-corrected chi connectivity index (χ2v) is 4.93. The zero-order chi connectivity index (χ0) is 17.6. The predicted octanol–water partition coefficient (Wildman–Crippen LogP) is 2.05. The van der Waals surface area contributed by atoms with Gasteiger partial charge in [-0.2, -0.15) is 13.2 Å². The molecule has 5 nitrogen and oxygen atoms in total. The number of hydrogen-bond acceptors (Lipinski definition) is 3. The van der Waals surface area contributed by atoms with E-state index in [1.54, 1.807) is 6.92 Å². The lowest BCUT2D eigenvalue weighted by Gasteiger charge is -2.15. The largest absolute Gasteiger partial charge is 0.416 e. The normalized spacial score (nSPS) is 12.5. The number of ketones is 1. The van der Waals surface area contributed by atoms with Crippen LogP contribution in [0.4, 0.5) is 13.2 Å². The molecule has 0 bridgehead atoms. The van der Waals surface area contributed by atoms with Gasteiger partial charge in [-0.25, -0.2) is 0 Å². The first-order valence-electron chi connectivity index (χ1n) is 6.94. The Kier molecular flexibility index (Phi) is 6.29. The van der Waals surface area contributed by atoms with Crippen molar-refractivity contribution in [3.63, 3.8) is 0 Å². The minimum Gasteiger partial charge on any atom is -0.368 e. The molecule has 0 aliphatic carbocycles. The molecule has 0 radical (unpaired) electrons. The maximum atomic E-state index is 12.5. The molecule has 1 atom stereocenters. The van der Waals surface area contributed by atoms with E-state index < -0.39 is 29.6 Å². The minimum atomic E-state index is -4.49. The number of Topliss-reactive ketones (excluding diaryl/α,β-unsaturated/α-hetero) is 1. The number of halogens is 3. The van der Waals surface area contributed by atoms with E-state index in [1.807, 2.05) is 0 Å². The number of carbonyl (C=O) groups is 3. The lowest BCUT2D eigenvalue weighted by molar-refractivity contribution is -0.137. The Morgan fingerprint density at radius 3 is 2.17 bits per heavy atom. The molecule has 0 fully saturated rings. The van der Waals surface area contributed by atoms with E-state index in [0.717, 1.165) is 24.3 Å². The highest BCUT2D eigenvalue weighted by molar-refractivity contribution is 5.97. The highest BCUT2D eigenvalue weighted by Gasteiger charge is 2.30.